The third kappa shape index (κ3) is 5.20. The molecule has 3 aromatic rings. The van der Waals surface area contributed by atoms with Crippen molar-refractivity contribution in [2.75, 3.05) is 10.7 Å². The number of anilines is 2. The van der Waals surface area contributed by atoms with E-state index in [4.69, 9.17) is 9.72 Å². The fourth-order valence-electron chi connectivity index (χ4n) is 4.49. The molecule has 7 heteroatoms. The van der Waals surface area contributed by atoms with Crippen molar-refractivity contribution < 1.29 is 17.7 Å². The van der Waals surface area contributed by atoms with Crippen LogP contribution < -0.4 is 9.64 Å². The maximum Gasteiger partial charge on any atom is 0.264 e. The number of hydrogen-bond acceptors (Lipinski definition) is 5. The highest BCUT2D eigenvalue weighted by atomic mass is 32.2. The van der Waals surface area contributed by atoms with Gasteiger partial charge in [-0.1, -0.05) is 51.0 Å². The van der Waals surface area contributed by atoms with Crippen molar-refractivity contribution in [2.45, 2.75) is 52.0 Å². The van der Waals surface area contributed by atoms with Gasteiger partial charge in [-0.3, -0.25) is 9.54 Å². The first-order valence-corrected chi connectivity index (χ1v) is 13.1. The highest BCUT2D eigenvalue weighted by Crippen LogP contribution is 2.51. The number of rotatable bonds is 9. The highest BCUT2D eigenvalue weighted by molar-refractivity contribution is 7.85. The molecule has 1 aromatic heterocycles. The molecule has 0 aliphatic carbocycles. The van der Waals surface area contributed by atoms with Crippen molar-refractivity contribution in [3.8, 4) is 11.5 Å². The third-order valence-electron chi connectivity index (χ3n) is 5.89. The number of aryl methyl sites for hydroxylation is 2. The first-order valence-electron chi connectivity index (χ1n) is 11.5. The molecule has 0 fully saturated rings. The lowest BCUT2D eigenvalue weighted by atomic mass is 9.97. The molecule has 4 rings (SSSR count). The van der Waals surface area contributed by atoms with Crippen molar-refractivity contribution >= 4 is 21.5 Å². The lowest BCUT2D eigenvalue weighted by Gasteiger charge is -2.39. The first-order chi connectivity index (χ1) is 15.9. The standard InChI is InChI=1S/C26H30N2O4S/c1-3-8-19-13-14-25-23(18-19)28(21-11-5-6-12-24(21)32-25)22(15-17-33(29,30)31)26-20(9-4-2)10-7-16-27-26/h5-7,10-14,16,18,22H,3-4,8-9,15,17H2,1-2H3,(H,29,30,31). The summed E-state index contributed by atoms with van der Waals surface area (Å²) < 4.78 is 39.4. The molecule has 6 nitrogen and oxygen atoms in total. The second kappa shape index (κ2) is 9.93. The average Bonchev–Trinajstić information content (AvgIpc) is 2.79. The number of aromatic nitrogens is 1. The quantitative estimate of drug-likeness (QED) is 0.376. The summed E-state index contributed by atoms with van der Waals surface area (Å²) in [6.45, 7) is 4.25. The summed E-state index contributed by atoms with van der Waals surface area (Å²) in [6, 6.07) is 17.5. The van der Waals surface area contributed by atoms with Crippen LogP contribution in [0.4, 0.5) is 11.4 Å². The third-order valence-corrected chi connectivity index (χ3v) is 6.64. The molecule has 0 bridgehead atoms. The van der Waals surface area contributed by atoms with Crippen LogP contribution in [0.2, 0.25) is 0 Å². The van der Waals surface area contributed by atoms with Gasteiger partial charge in [0.15, 0.2) is 11.5 Å². The molecule has 2 heterocycles. The van der Waals surface area contributed by atoms with Crippen LogP contribution in [-0.2, 0) is 23.0 Å². The van der Waals surface area contributed by atoms with Crippen molar-refractivity contribution in [2.24, 2.45) is 0 Å². The molecular weight excluding hydrogens is 436 g/mol. The van der Waals surface area contributed by atoms with Crippen molar-refractivity contribution in [1.29, 1.82) is 0 Å². The fraction of sp³-hybridized carbons (Fsp3) is 0.346. The van der Waals surface area contributed by atoms with E-state index in [1.807, 2.05) is 42.5 Å². The Hall–Kier alpha value is -2.90. The Morgan fingerprint density at radius 3 is 2.48 bits per heavy atom. The normalized spacial score (nSPS) is 13.7. The monoisotopic (exact) mass is 466 g/mol. The van der Waals surface area contributed by atoms with E-state index in [0.29, 0.717) is 5.75 Å². The summed E-state index contributed by atoms with van der Waals surface area (Å²) in [4.78, 5) is 6.86. The van der Waals surface area contributed by atoms with Gasteiger partial charge in [0.1, 0.15) is 0 Å². The Labute approximate surface area is 196 Å². The number of ether oxygens (including phenoxy) is 1. The zero-order chi connectivity index (χ0) is 23.4. The molecule has 1 unspecified atom stereocenters. The molecule has 2 aromatic carbocycles. The first kappa shape index (κ1) is 23.3. The van der Waals surface area contributed by atoms with Gasteiger partial charge >= 0.3 is 0 Å². The van der Waals surface area contributed by atoms with E-state index in [9.17, 15) is 13.0 Å². The van der Waals surface area contributed by atoms with Gasteiger partial charge in [-0.05, 0) is 60.7 Å². The smallest absolute Gasteiger partial charge is 0.264 e. The van der Waals surface area contributed by atoms with Crippen LogP contribution >= 0.6 is 0 Å². The summed E-state index contributed by atoms with van der Waals surface area (Å²) in [6.07, 6.45) is 5.67. The van der Waals surface area contributed by atoms with Crippen LogP contribution in [0.25, 0.3) is 0 Å². The summed E-state index contributed by atoms with van der Waals surface area (Å²) in [5.41, 5.74) is 4.83. The molecule has 1 aliphatic rings. The Kier molecular flexibility index (Phi) is 7.00. The Morgan fingerprint density at radius 2 is 1.73 bits per heavy atom. The summed E-state index contributed by atoms with van der Waals surface area (Å²) in [5, 5.41) is 0. The molecule has 174 valence electrons. The minimum absolute atomic E-state index is 0.193. The van der Waals surface area contributed by atoms with Crippen LogP contribution in [0.5, 0.6) is 11.5 Å². The van der Waals surface area contributed by atoms with Crippen molar-refractivity contribution in [3.63, 3.8) is 0 Å². The SMILES string of the molecule is CCCc1ccc2c(c1)N(C(CCS(=O)(=O)O)c1ncccc1CCC)c1ccccc1O2. The topological polar surface area (TPSA) is 79.7 Å². The molecule has 0 saturated carbocycles. The van der Waals surface area contributed by atoms with Crippen molar-refractivity contribution in [1.82, 2.24) is 4.98 Å². The lowest BCUT2D eigenvalue weighted by molar-refractivity contribution is 0.459. The number of nitrogens with zero attached hydrogens (tertiary/aromatic N) is 2. The molecular formula is C26H30N2O4S. The molecule has 33 heavy (non-hydrogen) atoms. The Morgan fingerprint density at radius 1 is 0.970 bits per heavy atom. The van der Waals surface area contributed by atoms with E-state index in [0.717, 1.165) is 54.1 Å². The van der Waals surface area contributed by atoms with Gasteiger partial charge < -0.3 is 9.64 Å². The van der Waals surface area contributed by atoms with Crippen LogP contribution in [-0.4, -0.2) is 23.7 Å². The van der Waals surface area contributed by atoms with E-state index in [2.05, 4.69) is 30.9 Å². The largest absolute Gasteiger partial charge is 0.453 e. The van der Waals surface area contributed by atoms with Gasteiger partial charge in [0.05, 0.1) is 28.9 Å². The van der Waals surface area contributed by atoms with E-state index < -0.39 is 16.2 Å². The zero-order valence-electron chi connectivity index (χ0n) is 19.1. The van der Waals surface area contributed by atoms with Crippen LogP contribution in [0.1, 0.15) is 56.0 Å². The minimum atomic E-state index is -4.15. The van der Waals surface area contributed by atoms with Gasteiger partial charge in [0, 0.05) is 6.20 Å². The van der Waals surface area contributed by atoms with Gasteiger partial charge in [0.25, 0.3) is 10.1 Å². The fourth-order valence-corrected chi connectivity index (χ4v) is 5.01. The van der Waals surface area contributed by atoms with Crippen LogP contribution in [0, 0.1) is 0 Å². The van der Waals surface area contributed by atoms with Crippen molar-refractivity contribution in [3.05, 3.63) is 77.6 Å². The number of fused-ring (bicyclic) bond motifs is 2. The second-order valence-electron chi connectivity index (χ2n) is 8.38. The molecule has 1 atom stereocenters. The summed E-state index contributed by atoms with van der Waals surface area (Å²) in [7, 11) is -4.15. The van der Waals surface area contributed by atoms with Gasteiger partial charge in [0.2, 0.25) is 0 Å². The summed E-state index contributed by atoms with van der Waals surface area (Å²) in [5.74, 6) is 1.07. The van der Waals surface area contributed by atoms with E-state index in [1.54, 1.807) is 6.20 Å². The van der Waals surface area contributed by atoms with Gasteiger partial charge in [-0.15, -0.1) is 0 Å². The molecule has 0 amide bonds. The van der Waals surface area contributed by atoms with Gasteiger partial charge in [-0.2, -0.15) is 8.42 Å². The number of pyridine rings is 1. The minimum Gasteiger partial charge on any atom is -0.453 e. The molecule has 1 aliphatic heterocycles. The van der Waals surface area contributed by atoms with Crippen LogP contribution in [0.15, 0.2) is 60.8 Å². The number of hydrogen-bond donors (Lipinski definition) is 1. The lowest BCUT2D eigenvalue weighted by Crippen LogP contribution is -2.30. The zero-order valence-corrected chi connectivity index (χ0v) is 19.9. The molecule has 0 radical (unpaired) electrons. The van der Waals surface area contributed by atoms with Crippen LogP contribution in [0.3, 0.4) is 0 Å². The van der Waals surface area contributed by atoms with E-state index in [1.165, 1.54) is 5.56 Å². The Bertz CT molecular complexity index is 1230. The number of para-hydroxylation sites is 2. The van der Waals surface area contributed by atoms with E-state index in [-0.39, 0.29) is 12.2 Å². The molecule has 0 spiro atoms. The summed E-state index contributed by atoms with van der Waals surface area (Å²) >= 11 is 0. The molecule has 1 N–H and O–H groups in total. The van der Waals surface area contributed by atoms with E-state index >= 15 is 0 Å². The Balaban J connectivity index is 1.91. The predicted octanol–water partition coefficient (Wildman–Crippen LogP) is 6.25. The highest BCUT2D eigenvalue weighted by Gasteiger charge is 2.33. The average molecular weight is 467 g/mol. The molecule has 0 saturated heterocycles. The maximum atomic E-state index is 11.8. The number of benzene rings is 2. The predicted molar refractivity (Wildman–Crippen MR) is 131 cm³/mol. The second-order valence-corrected chi connectivity index (χ2v) is 9.95. The van der Waals surface area contributed by atoms with Gasteiger partial charge in [-0.25, -0.2) is 0 Å². The maximum absolute atomic E-state index is 11.8.